The number of alkyl halides is 3. The molecular formula is C17H16F4N4O3. The van der Waals surface area contributed by atoms with E-state index in [9.17, 15) is 22.4 Å². The number of rotatable bonds is 4. The van der Waals surface area contributed by atoms with Crippen molar-refractivity contribution in [2.24, 2.45) is 0 Å². The van der Waals surface area contributed by atoms with E-state index in [0.717, 1.165) is 12.1 Å². The van der Waals surface area contributed by atoms with Crippen LogP contribution in [0, 0.1) is 5.82 Å². The number of aromatic nitrogens is 2. The van der Waals surface area contributed by atoms with Crippen LogP contribution in [0.15, 0.2) is 30.6 Å². The average molecular weight is 400 g/mol. The fourth-order valence-electron chi connectivity index (χ4n) is 2.97. The zero-order valence-electron chi connectivity index (χ0n) is 14.4. The number of nitrogens with zero attached hydrogens (tertiary/aromatic N) is 3. The molecule has 11 heteroatoms. The third kappa shape index (κ3) is 4.99. The molecular weight excluding hydrogens is 384 g/mol. The van der Waals surface area contributed by atoms with E-state index >= 15 is 0 Å². The quantitative estimate of drug-likeness (QED) is 0.765. The minimum absolute atomic E-state index is 0.134. The van der Waals surface area contributed by atoms with Crippen molar-refractivity contribution in [1.29, 1.82) is 0 Å². The largest absolute Gasteiger partial charge is 0.573 e. The second kappa shape index (κ2) is 7.87. The van der Waals surface area contributed by atoms with Gasteiger partial charge in [-0.1, -0.05) is 0 Å². The third-order valence-electron chi connectivity index (χ3n) is 4.25. The van der Waals surface area contributed by atoms with Gasteiger partial charge in [-0.25, -0.2) is 19.2 Å². The highest BCUT2D eigenvalue weighted by Gasteiger charge is 2.32. The van der Waals surface area contributed by atoms with Crippen molar-refractivity contribution in [2.75, 3.05) is 18.0 Å². The predicted molar refractivity (Wildman–Crippen MR) is 90.5 cm³/mol. The number of nitrogens with one attached hydrogen (secondary N) is 1. The summed E-state index contributed by atoms with van der Waals surface area (Å²) in [5.41, 5.74) is 0.617. The highest BCUT2D eigenvalue weighted by atomic mass is 19.4. The van der Waals surface area contributed by atoms with E-state index in [4.69, 9.17) is 5.11 Å². The number of halogens is 4. The molecule has 0 bridgehead atoms. The lowest BCUT2D eigenvalue weighted by molar-refractivity contribution is -0.275. The monoisotopic (exact) mass is 400 g/mol. The first-order valence-corrected chi connectivity index (χ1v) is 8.33. The number of ether oxygens (including phenoxy) is 1. The molecule has 150 valence electrons. The minimum atomic E-state index is -4.98. The average Bonchev–Trinajstić information content (AvgIpc) is 2.63. The van der Waals surface area contributed by atoms with Gasteiger partial charge in [-0.2, -0.15) is 0 Å². The van der Waals surface area contributed by atoms with E-state index in [2.05, 4.69) is 20.0 Å². The molecule has 1 aromatic heterocycles. The zero-order valence-corrected chi connectivity index (χ0v) is 14.4. The van der Waals surface area contributed by atoms with Gasteiger partial charge in [0.2, 0.25) is 0 Å². The summed E-state index contributed by atoms with van der Waals surface area (Å²) in [5.74, 6) is -1.51. The van der Waals surface area contributed by atoms with Gasteiger partial charge in [0.25, 0.3) is 0 Å². The molecule has 3 rings (SSSR count). The Morgan fingerprint density at radius 3 is 2.54 bits per heavy atom. The summed E-state index contributed by atoms with van der Waals surface area (Å²) in [5, 5.41) is 11.2. The Labute approximate surface area is 157 Å². The Morgan fingerprint density at radius 2 is 1.93 bits per heavy atom. The fourth-order valence-corrected chi connectivity index (χ4v) is 2.97. The van der Waals surface area contributed by atoms with E-state index in [1.165, 1.54) is 12.4 Å². The molecule has 2 N–H and O–H groups in total. The molecule has 0 spiro atoms. The normalized spacial score (nSPS) is 15.4. The van der Waals surface area contributed by atoms with Gasteiger partial charge in [-0.05, 0) is 31.0 Å². The molecule has 1 aliphatic heterocycles. The van der Waals surface area contributed by atoms with Crippen molar-refractivity contribution >= 4 is 11.9 Å². The Bertz CT molecular complexity index is 855. The number of benzene rings is 1. The van der Waals surface area contributed by atoms with Crippen LogP contribution in [0.4, 0.5) is 28.2 Å². The van der Waals surface area contributed by atoms with Crippen LogP contribution in [0.25, 0.3) is 11.3 Å². The fraction of sp³-hybridized carbons (Fsp3) is 0.353. The smallest absolute Gasteiger partial charge is 0.465 e. The second-order valence-electron chi connectivity index (χ2n) is 6.17. The topological polar surface area (TPSA) is 87.6 Å². The second-order valence-corrected chi connectivity index (χ2v) is 6.17. The molecule has 28 heavy (non-hydrogen) atoms. The van der Waals surface area contributed by atoms with Crippen LogP contribution in [0.1, 0.15) is 12.8 Å². The SMILES string of the molecule is O=C(O)NC1CCN(c2cc(-c3ccc(OC(F)(F)F)c(F)c3)ncn2)CC1. The molecule has 0 unspecified atom stereocenters. The number of carbonyl (C=O) groups is 1. The number of anilines is 1. The maximum atomic E-state index is 13.9. The van der Waals surface area contributed by atoms with Gasteiger partial charge < -0.3 is 20.1 Å². The van der Waals surface area contributed by atoms with E-state index in [1.54, 1.807) is 6.07 Å². The van der Waals surface area contributed by atoms with Gasteiger partial charge in [-0.15, -0.1) is 13.2 Å². The van der Waals surface area contributed by atoms with Crippen molar-refractivity contribution in [3.8, 4) is 17.0 Å². The summed E-state index contributed by atoms with van der Waals surface area (Å²) in [6.07, 6.45) is -3.56. The summed E-state index contributed by atoms with van der Waals surface area (Å²) in [4.78, 5) is 20.9. The first-order valence-electron chi connectivity index (χ1n) is 8.33. The molecule has 2 aromatic rings. The first kappa shape index (κ1) is 19.6. The molecule has 0 aliphatic carbocycles. The van der Waals surface area contributed by atoms with Crippen LogP contribution in [0.3, 0.4) is 0 Å². The molecule has 2 heterocycles. The van der Waals surface area contributed by atoms with Gasteiger partial charge in [0.05, 0.1) is 5.69 Å². The van der Waals surface area contributed by atoms with Gasteiger partial charge in [0.15, 0.2) is 11.6 Å². The summed E-state index contributed by atoms with van der Waals surface area (Å²) in [6, 6.07) is 4.55. The first-order chi connectivity index (χ1) is 13.2. The Kier molecular flexibility index (Phi) is 5.52. The van der Waals surface area contributed by atoms with Crippen LogP contribution >= 0.6 is 0 Å². The van der Waals surface area contributed by atoms with Crippen molar-refractivity contribution in [1.82, 2.24) is 15.3 Å². The van der Waals surface area contributed by atoms with Gasteiger partial charge in [-0.3, -0.25) is 0 Å². The maximum Gasteiger partial charge on any atom is 0.573 e. The zero-order chi connectivity index (χ0) is 20.3. The lowest BCUT2D eigenvalue weighted by atomic mass is 10.1. The summed E-state index contributed by atoms with van der Waals surface area (Å²) in [6.45, 7) is 1.13. The lowest BCUT2D eigenvalue weighted by Crippen LogP contribution is -2.44. The van der Waals surface area contributed by atoms with Crippen LogP contribution in [0.2, 0.25) is 0 Å². The van der Waals surface area contributed by atoms with E-state index in [0.29, 0.717) is 37.4 Å². The predicted octanol–water partition coefficient (Wildman–Crippen LogP) is 3.42. The molecule has 7 nitrogen and oxygen atoms in total. The van der Waals surface area contributed by atoms with Gasteiger partial charge in [0, 0.05) is 30.8 Å². The van der Waals surface area contributed by atoms with Crippen molar-refractivity contribution in [3.63, 3.8) is 0 Å². The number of piperidine rings is 1. The number of hydrogen-bond acceptors (Lipinski definition) is 5. The third-order valence-corrected chi connectivity index (χ3v) is 4.25. The van der Waals surface area contributed by atoms with Crippen molar-refractivity contribution < 1.29 is 32.2 Å². The molecule has 0 radical (unpaired) electrons. The molecule has 0 atom stereocenters. The Morgan fingerprint density at radius 1 is 1.21 bits per heavy atom. The summed E-state index contributed by atoms with van der Waals surface area (Å²) >= 11 is 0. The van der Waals surface area contributed by atoms with Crippen molar-refractivity contribution in [2.45, 2.75) is 25.2 Å². The van der Waals surface area contributed by atoms with Gasteiger partial charge in [0.1, 0.15) is 12.1 Å². The standard InChI is InChI=1S/C17H16F4N4O3/c18-12-7-10(1-2-14(12)28-17(19,20)21)13-8-15(23-9-22-13)25-5-3-11(4-6-25)24-16(26)27/h1-2,7-9,11,24H,3-6H2,(H,26,27). The summed E-state index contributed by atoms with van der Waals surface area (Å²) < 4.78 is 54.3. The molecule has 1 fully saturated rings. The molecule has 1 amide bonds. The Balaban J connectivity index is 1.73. The number of carboxylic acid groups (broad SMARTS) is 1. The van der Waals surface area contributed by atoms with Crippen molar-refractivity contribution in [3.05, 3.63) is 36.4 Å². The lowest BCUT2D eigenvalue weighted by Gasteiger charge is -2.32. The van der Waals surface area contributed by atoms with E-state index in [1.807, 2.05) is 4.90 Å². The highest BCUT2D eigenvalue weighted by molar-refractivity contribution is 5.65. The van der Waals surface area contributed by atoms with Crippen LogP contribution in [-0.2, 0) is 0 Å². The maximum absolute atomic E-state index is 13.9. The Hall–Kier alpha value is -3.11. The molecule has 0 saturated carbocycles. The van der Waals surface area contributed by atoms with Crippen LogP contribution < -0.4 is 15.0 Å². The molecule has 1 aliphatic rings. The summed E-state index contributed by atoms with van der Waals surface area (Å²) in [7, 11) is 0. The van der Waals surface area contributed by atoms with E-state index < -0.39 is 24.0 Å². The van der Waals surface area contributed by atoms with E-state index in [-0.39, 0.29) is 11.6 Å². The van der Waals surface area contributed by atoms with Crippen LogP contribution in [0.5, 0.6) is 5.75 Å². The minimum Gasteiger partial charge on any atom is -0.465 e. The highest BCUT2D eigenvalue weighted by Crippen LogP contribution is 2.30. The molecule has 1 aromatic carbocycles. The molecule has 1 saturated heterocycles. The van der Waals surface area contributed by atoms with Crippen LogP contribution in [-0.4, -0.2) is 46.7 Å². The number of hydrogen-bond donors (Lipinski definition) is 2. The van der Waals surface area contributed by atoms with Gasteiger partial charge >= 0.3 is 12.5 Å². The number of amides is 1.